The Balaban J connectivity index is 2.86. The molecule has 0 unspecified atom stereocenters. The van der Waals surface area contributed by atoms with Crippen LogP contribution in [0.2, 0.25) is 0 Å². The average molecular weight is 224 g/mol. The van der Waals surface area contributed by atoms with Gasteiger partial charge in [0.05, 0.1) is 5.71 Å². The standard InChI is InChI=1S/C11H16N2OS/c1-9(10-5-7-12-8-6-10)13-15(14)11(2,3)4/h5-8H,1-4H3/t15-/m1/s1. The van der Waals surface area contributed by atoms with Crippen molar-refractivity contribution in [3.8, 4) is 0 Å². The minimum absolute atomic E-state index is 0.311. The molecule has 0 spiro atoms. The van der Waals surface area contributed by atoms with Crippen LogP contribution < -0.4 is 0 Å². The third-order valence-electron chi connectivity index (χ3n) is 1.84. The first kappa shape index (κ1) is 12.2. The summed E-state index contributed by atoms with van der Waals surface area (Å²) in [6, 6.07) is 3.72. The Morgan fingerprint density at radius 3 is 2.33 bits per heavy atom. The molecule has 0 N–H and O–H groups in total. The van der Waals surface area contributed by atoms with Crippen molar-refractivity contribution in [3.05, 3.63) is 30.1 Å². The Hall–Kier alpha value is -0.870. The molecule has 0 saturated heterocycles. The van der Waals surface area contributed by atoms with E-state index in [1.54, 1.807) is 12.4 Å². The van der Waals surface area contributed by atoms with Gasteiger partial charge in [-0.2, -0.15) is 0 Å². The van der Waals surface area contributed by atoms with E-state index in [0.29, 0.717) is 0 Å². The van der Waals surface area contributed by atoms with E-state index in [0.717, 1.165) is 11.3 Å². The second-order valence-corrected chi connectivity index (χ2v) is 6.18. The molecule has 0 aliphatic carbocycles. The molecule has 0 radical (unpaired) electrons. The zero-order valence-electron chi connectivity index (χ0n) is 9.52. The largest absolute Gasteiger partial charge is 0.591 e. The molecule has 1 aromatic heterocycles. The van der Waals surface area contributed by atoms with Crippen molar-refractivity contribution in [2.24, 2.45) is 4.40 Å². The number of hydrogen-bond donors (Lipinski definition) is 0. The molecule has 82 valence electrons. The third kappa shape index (κ3) is 3.64. The lowest BCUT2D eigenvalue weighted by Crippen LogP contribution is -2.26. The maximum absolute atomic E-state index is 11.8. The van der Waals surface area contributed by atoms with E-state index in [4.69, 9.17) is 0 Å². The summed E-state index contributed by atoms with van der Waals surface area (Å²) in [4.78, 5) is 3.92. The summed E-state index contributed by atoms with van der Waals surface area (Å²) >= 11 is -1.20. The van der Waals surface area contributed by atoms with Gasteiger partial charge >= 0.3 is 0 Å². The highest BCUT2D eigenvalue weighted by molar-refractivity contribution is 7.91. The molecule has 0 bridgehead atoms. The van der Waals surface area contributed by atoms with E-state index < -0.39 is 11.4 Å². The molecule has 3 nitrogen and oxygen atoms in total. The van der Waals surface area contributed by atoms with Crippen molar-refractivity contribution in [2.75, 3.05) is 0 Å². The number of nitrogens with zero attached hydrogens (tertiary/aromatic N) is 2. The van der Waals surface area contributed by atoms with Crippen LogP contribution in [0.4, 0.5) is 0 Å². The van der Waals surface area contributed by atoms with E-state index in [-0.39, 0.29) is 4.75 Å². The Morgan fingerprint density at radius 1 is 1.33 bits per heavy atom. The smallest absolute Gasteiger partial charge is 0.144 e. The molecule has 0 aromatic carbocycles. The van der Waals surface area contributed by atoms with Gasteiger partial charge in [0.1, 0.15) is 16.1 Å². The fourth-order valence-corrected chi connectivity index (χ4v) is 1.54. The molecule has 1 rings (SSSR count). The lowest BCUT2D eigenvalue weighted by molar-refractivity contribution is 0.561. The summed E-state index contributed by atoms with van der Waals surface area (Å²) in [6.45, 7) is 7.59. The molecule has 15 heavy (non-hydrogen) atoms. The maximum atomic E-state index is 11.8. The molecule has 0 aliphatic heterocycles. The highest BCUT2D eigenvalue weighted by Crippen LogP contribution is 2.18. The minimum atomic E-state index is -1.20. The normalized spacial score (nSPS) is 15.1. The van der Waals surface area contributed by atoms with Gasteiger partial charge in [-0.15, -0.1) is 0 Å². The summed E-state index contributed by atoms with van der Waals surface area (Å²) in [7, 11) is 0. The molecule has 0 saturated carbocycles. The minimum Gasteiger partial charge on any atom is -0.591 e. The van der Waals surface area contributed by atoms with Crippen molar-refractivity contribution in [2.45, 2.75) is 32.4 Å². The zero-order valence-corrected chi connectivity index (χ0v) is 10.3. The van der Waals surface area contributed by atoms with Gasteiger partial charge in [-0.1, -0.05) is 4.40 Å². The van der Waals surface area contributed by atoms with E-state index in [9.17, 15) is 4.55 Å². The molecule has 1 atom stereocenters. The predicted octanol–water partition coefficient (Wildman–Crippen LogP) is 2.35. The van der Waals surface area contributed by atoms with Gasteiger partial charge in [0, 0.05) is 18.0 Å². The van der Waals surface area contributed by atoms with Gasteiger partial charge in [0.25, 0.3) is 0 Å². The van der Waals surface area contributed by atoms with E-state index >= 15 is 0 Å². The fourth-order valence-electron chi connectivity index (χ4n) is 0.907. The van der Waals surface area contributed by atoms with Crippen molar-refractivity contribution in [3.63, 3.8) is 0 Å². The van der Waals surface area contributed by atoms with Crippen LogP contribution in [0.25, 0.3) is 0 Å². The molecule has 0 fully saturated rings. The van der Waals surface area contributed by atoms with Crippen LogP contribution >= 0.6 is 0 Å². The molecule has 1 heterocycles. The summed E-state index contributed by atoms with van der Waals surface area (Å²) in [5, 5.41) is 0. The van der Waals surface area contributed by atoms with Gasteiger partial charge in [0.2, 0.25) is 0 Å². The van der Waals surface area contributed by atoms with Crippen molar-refractivity contribution < 1.29 is 4.55 Å². The van der Waals surface area contributed by atoms with Crippen LogP contribution in [-0.4, -0.2) is 20.0 Å². The molecule has 0 aliphatic rings. The lowest BCUT2D eigenvalue weighted by atomic mass is 10.2. The maximum Gasteiger partial charge on any atom is 0.144 e. The second-order valence-electron chi connectivity index (χ2n) is 4.27. The number of hydrogen-bond acceptors (Lipinski definition) is 3. The molecule has 1 aromatic rings. The number of aromatic nitrogens is 1. The van der Waals surface area contributed by atoms with Gasteiger partial charge in [-0.3, -0.25) is 4.98 Å². The predicted molar refractivity (Wildman–Crippen MR) is 64.3 cm³/mol. The van der Waals surface area contributed by atoms with Crippen LogP contribution in [0, 0.1) is 0 Å². The van der Waals surface area contributed by atoms with E-state index in [1.165, 1.54) is 0 Å². The van der Waals surface area contributed by atoms with Crippen molar-refractivity contribution in [1.82, 2.24) is 4.98 Å². The Kier molecular flexibility index (Phi) is 3.88. The molecular formula is C11H16N2OS. The van der Waals surface area contributed by atoms with Gasteiger partial charge in [-0.05, 0) is 39.8 Å². The first-order chi connectivity index (χ1) is 6.91. The first-order valence-corrected chi connectivity index (χ1v) is 5.89. The van der Waals surface area contributed by atoms with Gasteiger partial charge in [-0.25, -0.2) is 0 Å². The van der Waals surface area contributed by atoms with Crippen LogP contribution in [-0.2, 0) is 11.4 Å². The van der Waals surface area contributed by atoms with E-state index in [2.05, 4.69) is 9.38 Å². The van der Waals surface area contributed by atoms with Crippen LogP contribution in [0.1, 0.15) is 33.3 Å². The summed E-state index contributed by atoms with van der Waals surface area (Å²) in [6.07, 6.45) is 3.41. The topological polar surface area (TPSA) is 48.3 Å². The quantitative estimate of drug-likeness (QED) is 0.572. The number of pyridine rings is 1. The third-order valence-corrected chi connectivity index (χ3v) is 3.33. The van der Waals surface area contributed by atoms with E-state index in [1.807, 2.05) is 39.8 Å². The van der Waals surface area contributed by atoms with Crippen molar-refractivity contribution >= 4 is 17.1 Å². The summed E-state index contributed by atoms with van der Waals surface area (Å²) in [5.74, 6) is 0. The van der Waals surface area contributed by atoms with Crippen LogP contribution in [0.15, 0.2) is 28.9 Å². The second kappa shape index (κ2) is 4.77. The number of rotatable bonds is 2. The van der Waals surface area contributed by atoms with Crippen molar-refractivity contribution in [1.29, 1.82) is 0 Å². The Bertz CT molecular complexity index is 343. The van der Waals surface area contributed by atoms with Gasteiger partial charge in [0.15, 0.2) is 0 Å². The van der Waals surface area contributed by atoms with Crippen LogP contribution in [0.5, 0.6) is 0 Å². The lowest BCUT2D eigenvalue weighted by Gasteiger charge is -2.18. The fraction of sp³-hybridized carbons (Fsp3) is 0.455. The van der Waals surface area contributed by atoms with Gasteiger partial charge < -0.3 is 4.55 Å². The molecule has 0 amide bonds. The SMILES string of the molecule is CC(=N[S@+]([O-])C(C)(C)C)c1ccncc1. The summed E-state index contributed by atoms with van der Waals surface area (Å²) in [5.41, 5.74) is 1.74. The highest BCUT2D eigenvalue weighted by atomic mass is 32.2. The zero-order chi connectivity index (χ0) is 11.5. The van der Waals surface area contributed by atoms with Crippen LogP contribution in [0.3, 0.4) is 0 Å². The average Bonchev–Trinajstić information content (AvgIpc) is 2.17. The summed E-state index contributed by atoms with van der Waals surface area (Å²) < 4.78 is 15.6. The Labute approximate surface area is 94.0 Å². The first-order valence-electron chi connectivity index (χ1n) is 4.79. The monoisotopic (exact) mass is 224 g/mol. The Morgan fingerprint density at radius 2 is 1.87 bits per heavy atom. The molecular weight excluding hydrogens is 208 g/mol. The molecule has 4 heteroatoms. The highest BCUT2D eigenvalue weighted by Gasteiger charge is 2.26.